The molecule has 0 aromatic heterocycles. The Balaban J connectivity index is 1.80. The van der Waals surface area contributed by atoms with Gasteiger partial charge in [-0.25, -0.2) is 0 Å². The lowest BCUT2D eigenvalue weighted by molar-refractivity contribution is 0.0169. The van der Waals surface area contributed by atoms with E-state index in [2.05, 4.69) is 24.1 Å². The van der Waals surface area contributed by atoms with Gasteiger partial charge < -0.3 is 15.0 Å². The normalized spacial score (nSPS) is 33.0. The maximum absolute atomic E-state index is 5.74. The molecule has 2 saturated heterocycles. The minimum absolute atomic E-state index is 0.675. The van der Waals surface area contributed by atoms with Crippen molar-refractivity contribution in [2.45, 2.75) is 58.4 Å². The van der Waals surface area contributed by atoms with Gasteiger partial charge in [0.2, 0.25) is 0 Å². The monoisotopic (exact) mass is 282 g/mol. The Morgan fingerprint density at radius 2 is 2.05 bits per heavy atom. The summed E-state index contributed by atoms with van der Waals surface area (Å²) >= 11 is 0. The average molecular weight is 282 g/mol. The molecular formula is C17H34N2O. The predicted molar refractivity (Wildman–Crippen MR) is 85.1 cm³/mol. The van der Waals surface area contributed by atoms with E-state index in [1.807, 2.05) is 0 Å². The van der Waals surface area contributed by atoms with Crippen molar-refractivity contribution in [3.8, 4) is 0 Å². The second kappa shape index (κ2) is 9.01. The molecule has 0 aliphatic carbocycles. The van der Waals surface area contributed by atoms with Crippen LogP contribution in [0.4, 0.5) is 0 Å². The van der Waals surface area contributed by atoms with Crippen LogP contribution >= 0.6 is 0 Å². The lowest BCUT2D eigenvalue weighted by Gasteiger charge is -2.35. The van der Waals surface area contributed by atoms with Gasteiger partial charge in [-0.2, -0.15) is 0 Å². The van der Waals surface area contributed by atoms with Crippen molar-refractivity contribution >= 4 is 0 Å². The lowest BCUT2D eigenvalue weighted by Crippen LogP contribution is -2.48. The molecule has 0 aromatic carbocycles. The molecule has 118 valence electrons. The van der Waals surface area contributed by atoms with Gasteiger partial charge >= 0.3 is 0 Å². The number of ether oxygens (including phenoxy) is 1. The number of rotatable bonds is 6. The SMILES string of the molecule is CCCNC1CCOCC1CN1CCCC(CC)CC1. The van der Waals surface area contributed by atoms with E-state index in [9.17, 15) is 0 Å². The number of hydrogen-bond acceptors (Lipinski definition) is 3. The van der Waals surface area contributed by atoms with Crippen molar-refractivity contribution in [3.63, 3.8) is 0 Å². The molecule has 2 aliphatic heterocycles. The van der Waals surface area contributed by atoms with E-state index in [1.165, 1.54) is 58.2 Å². The average Bonchev–Trinajstić information content (AvgIpc) is 2.71. The van der Waals surface area contributed by atoms with E-state index in [4.69, 9.17) is 4.74 Å². The molecule has 0 saturated carbocycles. The first kappa shape index (κ1) is 16.3. The van der Waals surface area contributed by atoms with Gasteiger partial charge in [0.15, 0.2) is 0 Å². The summed E-state index contributed by atoms with van der Waals surface area (Å²) in [4.78, 5) is 2.70. The summed E-state index contributed by atoms with van der Waals surface area (Å²) in [6.07, 6.45) is 8.01. The molecule has 20 heavy (non-hydrogen) atoms. The first-order valence-corrected chi connectivity index (χ1v) is 8.87. The third-order valence-corrected chi connectivity index (χ3v) is 5.14. The summed E-state index contributed by atoms with van der Waals surface area (Å²) in [6.45, 7) is 11.5. The molecular weight excluding hydrogens is 248 g/mol. The maximum atomic E-state index is 5.74. The van der Waals surface area contributed by atoms with E-state index in [0.717, 1.165) is 25.7 Å². The zero-order valence-electron chi connectivity index (χ0n) is 13.6. The van der Waals surface area contributed by atoms with Crippen LogP contribution in [0.1, 0.15) is 52.4 Å². The topological polar surface area (TPSA) is 24.5 Å². The molecule has 2 fully saturated rings. The van der Waals surface area contributed by atoms with E-state index in [1.54, 1.807) is 0 Å². The Kier molecular flexibility index (Phi) is 7.32. The Morgan fingerprint density at radius 3 is 2.85 bits per heavy atom. The highest BCUT2D eigenvalue weighted by molar-refractivity contribution is 4.83. The van der Waals surface area contributed by atoms with Crippen LogP contribution in [0.25, 0.3) is 0 Å². The number of nitrogens with zero attached hydrogens (tertiary/aromatic N) is 1. The third-order valence-electron chi connectivity index (χ3n) is 5.14. The smallest absolute Gasteiger partial charge is 0.0521 e. The lowest BCUT2D eigenvalue weighted by atomic mass is 9.94. The minimum Gasteiger partial charge on any atom is -0.381 e. The van der Waals surface area contributed by atoms with Crippen LogP contribution in [-0.4, -0.2) is 50.3 Å². The van der Waals surface area contributed by atoms with E-state index < -0.39 is 0 Å². The maximum Gasteiger partial charge on any atom is 0.0521 e. The van der Waals surface area contributed by atoms with E-state index in [-0.39, 0.29) is 0 Å². The largest absolute Gasteiger partial charge is 0.381 e. The number of hydrogen-bond donors (Lipinski definition) is 1. The van der Waals surface area contributed by atoms with Crippen LogP contribution in [0.3, 0.4) is 0 Å². The van der Waals surface area contributed by atoms with Crippen molar-refractivity contribution < 1.29 is 4.74 Å². The predicted octanol–water partition coefficient (Wildman–Crippen LogP) is 2.90. The second-order valence-electron chi connectivity index (χ2n) is 6.69. The van der Waals surface area contributed by atoms with Crippen LogP contribution in [0.5, 0.6) is 0 Å². The molecule has 3 nitrogen and oxygen atoms in total. The van der Waals surface area contributed by atoms with Crippen molar-refractivity contribution in [1.29, 1.82) is 0 Å². The fraction of sp³-hybridized carbons (Fsp3) is 1.00. The Bertz CT molecular complexity index is 259. The van der Waals surface area contributed by atoms with Gasteiger partial charge in [-0.3, -0.25) is 0 Å². The molecule has 2 aliphatic rings. The highest BCUT2D eigenvalue weighted by Gasteiger charge is 2.27. The molecule has 3 unspecified atom stereocenters. The van der Waals surface area contributed by atoms with E-state index in [0.29, 0.717) is 12.0 Å². The molecule has 3 atom stereocenters. The van der Waals surface area contributed by atoms with Gasteiger partial charge in [-0.05, 0) is 57.7 Å². The minimum atomic E-state index is 0.675. The quantitative estimate of drug-likeness (QED) is 0.811. The molecule has 1 N–H and O–H groups in total. The van der Waals surface area contributed by atoms with Crippen molar-refractivity contribution in [3.05, 3.63) is 0 Å². The summed E-state index contributed by atoms with van der Waals surface area (Å²) < 4.78 is 5.74. The van der Waals surface area contributed by atoms with Gasteiger partial charge in [-0.1, -0.05) is 20.3 Å². The number of likely N-dealkylation sites (tertiary alicyclic amines) is 1. The summed E-state index contributed by atoms with van der Waals surface area (Å²) in [5.74, 6) is 1.66. The van der Waals surface area contributed by atoms with Crippen LogP contribution in [0.15, 0.2) is 0 Å². The Morgan fingerprint density at radius 1 is 1.15 bits per heavy atom. The van der Waals surface area contributed by atoms with Crippen LogP contribution in [0.2, 0.25) is 0 Å². The Labute approximate surface area is 125 Å². The van der Waals surface area contributed by atoms with Crippen LogP contribution in [0, 0.1) is 11.8 Å². The molecule has 0 amide bonds. The van der Waals surface area contributed by atoms with Crippen molar-refractivity contribution in [2.75, 3.05) is 39.4 Å². The molecule has 0 spiro atoms. The van der Waals surface area contributed by atoms with Crippen LogP contribution < -0.4 is 5.32 Å². The molecule has 2 rings (SSSR count). The molecule has 2 heterocycles. The summed E-state index contributed by atoms with van der Waals surface area (Å²) in [6, 6.07) is 0.675. The highest BCUT2D eigenvalue weighted by Crippen LogP contribution is 2.23. The third kappa shape index (κ3) is 5.01. The summed E-state index contributed by atoms with van der Waals surface area (Å²) in [5.41, 5.74) is 0. The molecule has 0 aromatic rings. The van der Waals surface area contributed by atoms with E-state index >= 15 is 0 Å². The van der Waals surface area contributed by atoms with Crippen LogP contribution in [-0.2, 0) is 4.74 Å². The Hall–Kier alpha value is -0.120. The molecule has 0 bridgehead atoms. The summed E-state index contributed by atoms with van der Waals surface area (Å²) in [5, 5.41) is 3.74. The van der Waals surface area contributed by atoms with Gasteiger partial charge in [0.05, 0.1) is 6.61 Å². The van der Waals surface area contributed by atoms with Gasteiger partial charge in [-0.15, -0.1) is 0 Å². The van der Waals surface area contributed by atoms with Gasteiger partial charge in [0.1, 0.15) is 0 Å². The van der Waals surface area contributed by atoms with Gasteiger partial charge in [0.25, 0.3) is 0 Å². The standard InChI is InChI=1S/C17H34N2O/c1-3-9-18-17-8-12-20-14-16(17)13-19-10-5-6-15(4-2)7-11-19/h15-18H,3-14H2,1-2H3. The second-order valence-corrected chi connectivity index (χ2v) is 6.69. The zero-order valence-corrected chi connectivity index (χ0v) is 13.6. The summed E-state index contributed by atoms with van der Waals surface area (Å²) in [7, 11) is 0. The number of nitrogens with one attached hydrogen (secondary N) is 1. The zero-order chi connectivity index (χ0) is 14.2. The fourth-order valence-electron chi connectivity index (χ4n) is 3.72. The molecule has 3 heteroatoms. The highest BCUT2D eigenvalue weighted by atomic mass is 16.5. The fourth-order valence-corrected chi connectivity index (χ4v) is 3.72. The molecule has 0 radical (unpaired) electrons. The first-order chi connectivity index (χ1) is 9.83. The van der Waals surface area contributed by atoms with Crippen molar-refractivity contribution in [2.24, 2.45) is 11.8 Å². The van der Waals surface area contributed by atoms with Gasteiger partial charge in [0, 0.05) is 25.1 Å². The first-order valence-electron chi connectivity index (χ1n) is 8.87. The van der Waals surface area contributed by atoms with Crippen molar-refractivity contribution in [1.82, 2.24) is 10.2 Å².